The van der Waals surface area contributed by atoms with Crippen LogP contribution in [0.25, 0.3) is 11.3 Å². The highest BCUT2D eigenvalue weighted by Crippen LogP contribution is 2.20. The Kier molecular flexibility index (Phi) is 4.31. The third-order valence-corrected chi connectivity index (χ3v) is 3.83. The summed E-state index contributed by atoms with van der Waals surface area (Å²) in [5.41, 5.74) is 3.36. The fraction of sp³-hybridized carbons (Fsp3) is 0.312. The van der Waals surface area contributed by atoms with E-state index in [2.05, 4.69) is 27.3 Å². The van der Waals surface area contributed by atoms with Gasteiger partial charge in [-0.3, -0.25) is 9.88 Å². The Labute approximate surface area is 124 Å². The molecule has 0 amide bonds. The van der Waals surface area contributed by atoms with E-state index in [0.29, 0.717) is 0 Å². The number of nitrogens with zero attached hydrogens (tertiary/aromatic N) is 2. The zero-order valence-corrected chi connectivity index (χ0v) is 12.1. The second-order valence-corrected chi connectivity index (χ2v) is 5.52. The quantitative estimate of drug-likeness (QED) is 0.941. The first kappa shape index (κ1) is 13.6. The predicted octanol–water partition coefficient (Wildman–Crippen LogP) is 2.81. The van der Waals surface area contributed by atoms with E-state index in [1.165, 1.54) is 5.56 Å². The summed E-state index contributed by atoms with van der Waals surface area (Å²) in [7, 11) is 0. The second kappa shape index (κ2) is 6.35. The number of benzene rings is 1. The van der Waals surface area contributed by atoms with Crippen LogP contribution in [0.15, 0.2) is 42.6 Å². The van der Waals surface area contributed by atoms with Crippen molar-refractivity contribution in [1.82, 2.24) is 15.2 Å². The van der Waals surface area contributed by atoms with Crippen molar-refractivity contribution < 1.29 is 0 Å². The number of hydrogen-bond acceptors (Lipinski definition) is 3. The van der Waals surface area contributed by atoms with E-state index in [0.717, 1.165) is 49.0 Å². The number of halogens is 1. The summed E-state index contributed by atoms with van der Waals surface area (Å²) >= 11 is 5.90. The average Bonchev–Trinajstić information content (AvgIpc) is 2.50. The standard InChI is InChI=1S/C16H18ClN3/c17-15-4-2-14(3-5-15)16-6-1-13(11-19-16)12-20-9-7-18-8-10-20/h1-6,11,18H,7-10,12H2. The van der Waals surface area contributed by atoms with Gasteiger partial charge in [0.25, 0.3) is 0 Å². The lowest BCUT2D eigenvalue weighted by Gasteiger charge is -2.27. The van der Waals surface area contributed by atoms with E-state index >= 15 is 0 Å². The largest absolute Gasteiger partial charge is 0.314 e. The molecule has 104 valence electrons. The van der Waals surface area contributed by atoms with Gasteiger partial charge in [0.2, 0.25) is 0 Å². The van der Waals surface area contributed by atoms with Crippen LogP contribution in [0.2, 0.25) is 5.02 Å². The average molecular weight is 288 g/mol. The minimum atomic E-state index is 0.754. The van der Waals surface area contributed by atoms with Crippen LogP contribution in [-0.2, 0) is 6.54 Å². The van der Waals surface area contributed by atoms with Crippen molar-refractivity contribution in [2.45, 2.75) is 6.54 Å². The molecule has 3 nitrogen and oxygen atoms in total. The number of pyridine rings is 1. The Morgan fingerprint density at radius 2 is 1.80 bits per heavy atom. The summed E-state index contributed by atoms with van der Waals surface area (Å²) < 4.78 is 0. The second-order valence-electron chi connectivity index (χ2n) is 5.08. The molecule has 20 heavy (non-hydrogen) atoms. The number of rotatable bonds is 3. The molecule has 0 saturated carbocycles. The van der Waals surface area contributed by atoms with E-state index in [9.17, 15) is 0 Å². The van der Waals surface area contributed by atoms with Crippen molar-refractivity contribution >= 4 is 11.6 Å². The SMILES string of the molecule is Clc1ccc(-c2ccc(CN3CCNCC3)cn2)cc1. The molecule has 0 atom stereocenters. The minimum absolute atomic E-state index is 0.754. The van der Waals surface area contributed by atoms with Gasteiger partial charge in [0.15, 0.2) is 0 Å². The van der Waals surface area contributed by atoms with Crippen LogP contribution in [0, 0.1) is 0 Å². The van der Waals surface area contributed by atoms with Crippen LogP contribution >= 0.6 is 11.6 Å². The number of hydrogen-bond donors (Lipinski definition) is 1. The summed E-state index contributed by atoms with van der Waals surface area (Å²) in [6, 6.07) is 12.0. The van der Waals surface area contributed by atoms with Gasteiger partial charge >= 0.3 is 0 Å². The topological polar surface area (TPSA) is 28.2 Å². The summed E-state index contributed by atoms with van der Waals surface area (Å²) in [5, 5.41) is 4.12. The van der Waals surface area contributed by atoms with Gasteiger partial charge in [-0.05, 0) is 23.8 Å². The van der Waals surface area contributed by atoms with Gasteiger partial charge in [-0.25, -0.2) is 0 Å². The maximum atomic E-state index is 5.90. The zero-order valence-electron chi connectivity index (χ0n) is 11.3. The molecule has 0 radical (unpaired) electrons. The Morgan fingerprint density at radius 3 is 2.45 bits per heavy atom. The van der Waals surface area contributed by atoms with Crippen LogP contribution in [0.1, 0.15) is 5.56 Å². The third-order valence-electron chi connectivity index (χ3n) is 3.58. The van der Waals surface area contributed by atoms with Gasteiger partial charge in [-0.1, -0.05) is 29.8 Å². The smallest absolute Gasteiger partial charge is 0.0702 e. The molecule has 0 aliphatic carbocycles. The summed E-state index contributed by atoms with van der Waals surface area (Å²) in [5.74, 6) is 0. The lowest BCUT2D eigenvalue weighted by molar-refractivity contribution is 0.233. The van der Waals surface area contributed by atoms with Gasteiger partial charge in [-0.2, -0.15) is 0 Å². The first-order chi connectivity index (χ1) is 9.81. The molecule has 2 heterocycles. The monoisotopic (exact) mass is 287 g/mol. The highest BCUT2D eigenvalue weighted by atomic mass is 35.5. The first-order valence-corrected chi connectivity index (χ1v) is 7.33. The third kappa shape index (κ3) is 3.37. The van der Waals surface area contributed by atoms with E-state index < -0.39 is 0 Å². The molecule has 3 rings (SSSR count). The molecule has 0 bridgehead atoms. The fourth-order valence-corrected chi connectivity index (χ4v) is 2.56. The van der Waals surface area contributed by atoms with Crippen LogP contribution in [0.3, 0.4) is 0 Å². The Hall–Kier alpha value is -1.42. The van der Waals surface area contributed by atoms with Crippen molar-refractivity contribution in [1.29, 1.82) is 0 Å². The number of aromatic nitrogens is 1. The van der Waals surface area contributed by atoms with E-state index in [4.69, 9.17) is 11.6 Å². The molecule has 1 aliphatic heterocycles. The first-order valence-electron chi connectivity index (χ1n) is 6.95. The lowest BCUT2D eigenvalue weighted by Crippen LogP contribution is -2.42. The minimum Gasteiger partial charge on any atom is -0.314 e. The van der Waals surface area contributed by atoms with Gasteiger partial charge < -0.3 is 5.32 Å². The van der Waals surface area contributed by atoms with Gasteiger partial charge in [0, 0.05) is 49.5 Å². The van der Waals surface area contributed by atoms with Crippen LogP contribution in [-0.4, -0.2) is 36.1 Å². The van der Waals surface area contributed by atoms with Crippen molar-refractivity contribution in [3.63, 3.8) is 0 Å². The van der Waals surface area contributed by atoms with Crippen molar-refractivity contribution in [3.8, 4) is 11.3 Å². The molecule has 1 saturated heterocycles. The van der Waals surface area contributed by atoms with Crippen molar-refractivity contribution in [2.24, 2.45) is 0 Å². The molecule has 1 aliphatic rings. The molecule has 1 aromatic carbocycles. The van der Waals surface area contributed by atoms with Gasteiger partial charge in [0.05, 0.1) is 5.69 Å². The van der Waals surface area contributed by atoms with E-state index in [-0.39, 0.29) is 0 Å². The molecule has 1 fully saturated rings. The Morgan fingerprint density at radius 1 is 1.05 bits per heavy atom. The fourth-order valence-electron chi connectivity index (χ4n) is 2.44. The highest BCUT2D eigenvalue weighted by molar-refractivity contribution is 6.30. The van der Waals surface area contributed by atoms with Crippen LogP contribution < -0.4 is 5.32 Å². The summed E-state index contributed by atoms with van der Waals surface area (Å²) in [6.45, 7) is 5.36. The van der Waals surface area contributed by atoms with Crippen LogP contribution in [0.4, 0.5) is 0 Å². The van der Waals surface area contributed by atoms with Crippen molar-refractivity contribution in [3.05, 3.63) is 53.2 Å². The molecule has 2 aromatic rings. The maximum Gasteiger partial charge on any atom is 0.0702 e. The Balaban J connectivity index is 1.69. The van der Waals surface area contributed by atoms with Gasteiger partial charge in [-0.15, -0.1) is 0 Å². The Bertz CT molecular complexity index is 545. The molecule has 4 heteroatoms. The summed E-state index contributed by atoms with van der Waals surface area (Å²) in [4.78, 5) is 7.01. The van der Waals surface area contributed by atoms with Crippen molar-refractivity contribution in [2.75, 3.05) is 26.2 Å². The van der Waals surface area contributed by atoms with Gasteiger partial charge in [0.1, 0.15) is 0 Å². The molecule has 1 N–H and O–H groups in total. The molecule has 1 aromatic heterocycles. The molecule has 0 spiro atoms. The van der Waals surface area contributed by atoms with E-state index in [1.807, 2.05) is 30.5 Å². The molecule has 0 unspecified atom stereocenters. The number of piperazine rings is 1. The highest BCUT2D eigenvalue weighted by Gasteiger charge is 2.10. The van der Waals surface area contributed by atoms with E-state index in [1.54, 1.807) is 0 Å². The van der Waals surface area contributed by atoms with Crippen LogP contribution in [0.5, 0.6) is 0 Å². The predicted molar refractivity (Wildman–Crippen MR) is 82.8 cm³/mol. The maximum absolute atomic E-state index is 5.90. The normalized spacial score (nSPS) is 16.2. The summed E-state index contributed by atoms with van der Waals surface area (Å²) in [6.07, 6.45) is 1.98. The molecular weight excluding hydrogens is 270 g/mol. The molecular formula is C16H18ClN3. The lowest BCUT2D eigenvalue weighted by atomic mass is 10.1. The number of nitrogens with one attached hydrogen (secondary N) is 1. The zero-order chi connectivity index (χ0) is 13.8.